The molecule has 0 amide bonds. The number of allylic oxidation sites excluding steroid dienone is 2. The molecule has 98 valence electrons. The normalized spacial score (nSPS) is 23.6. The molecule has 3 heteroatoms. The van der Waals surface area contributed by atoms with Gasteiger partial charge < -0.3 is 10.4 Å². The molecule has 1 aliphatic rings. The van der Waals surface area contributed by atoms with Gasteiger partial charge in [-0.05, 0) is 51.0 Å². The van der Waals surface area contributed by atoms with Crippen molar-refractivity contribution in [2.45, 2.75) is 52.0 Å². The number of rotatable bonds is 6. The van der Waals surface area contributed by atoms with Crippen molar-refractivity contribution in [1.29, 1.82) is 0 Å². The van der Waals surface area contributed by atoms with Gasteiger partial charge in [-0.25, -0.2) is 0 Å². The van der Waals surface area contributed by atoms with E-state index in [1.165, 1.54) is 6.42 Å². The second-order valence-corrected chi connectivity index (χ2v) is 5.77. The first-order valence-electron chi connectivity index (χ1n) is 6.57. The van der Waals surface area contributed by atoms with Gasteiger partial charge in [0.1, 0.15) is 5.54 Å². The average Bonchev–Trinajstić information content (AvgIpc) is 2.27. The summed E-state index contributed by atoms with van der Waals surface area (Å²) in [6.45, 7) is 6.73. The molecule has 1 aliphatic carbocycles. The smallest absolute Gasteiger partial charge is 0.323 e. The van der Waals surface area contributed by atoms with Crippen LogP contribution in [0.2, 0.25) is 0 Å². The number of carbonyl (C=O) groups is 1. The average molecular weight is 239 g/mol. The Morgan fingerprint density at radius 2 is 2.24 bits per heavy atom. The molecule has 0 aromatic rings. The lowest BCUT2D eigenvalue weighted by Gasteiger charge is -2.30. The van der Waals surface area contributed by atoms with Gasteiger partial charge in [0.25, 0.3) is 0 Å². The molecule has 0 bridgehead atoms. The van der Waals surface area contributed by atoms with E-state index in [0.29, 0.717) is 18.3 Å². The molecule has 1 rings (SSSR count). The van der Waals surface area contributed by atoms with Gasteiger partial charge in [0.15, 0.2) is 0 Å². The second-order valence-electron chi connectivity index (χ2n) is 5.77. The van der Waals surface area contributed by atoms with Gasteiger partial charge in [0.05, 0.1) is 0 Å². The molecule has 0 aromatic carbocycles. The summed E-state index contributed by atoms with van der Waals surface area (Å²) in [5.41, 5.74) is -0.782. The van der Waals surface area contributed by atoms with E-state index in [1.807, 2.05) is 0 Å². The van der Waals surface area contributed by atoms with E-state index in [-0.39, 0.29) is 0 Å². The summed E-state index contributed by atoms with van der Waals surface area (Å²) in [5, 5.41) is 12.6. The Hall–Kier alpha value is -0.830. The zero-order valence-corrected chi connectivity index (χ0v) is 11.2. The van der Waals surface area contributed by atoms with Crippen LogP contribution in [0, 0.1) is 11.8 Å². The topological polar surface area (TPSA) is 49.3 Å². The summed E-state index contributed by atoms with van der Waals surface area (Å²) < 4.78 is 0. The lowest BCUT2D eigenvalue weighted by molar-refractivity contribution is -0.145. The summed E-state index contributed by atoms with van der Waals surface area (Å²) in [7, 11) is 0. The van der Waals surface area contributed by atoms with Crippen LogP contribution >= 0.6 is 0 Å². The van der Waals surface area contributed by atoms with Crippen LogP contribution in [-0.2, 0) is 4.79 Å². The molecule has 2 atom stereocenters. The molecule has 0 saturated heterocycles. The Morgan fingerprint density at radius 1 is 1.53 bits per heavy atom. The van der Waals surface area contributed by atoms with E-state index < -0.39 is 11.5 Å². The fourth-order valence-corrected chi connectivity index (χ4v) is 2.46. The summed E-state index contributed by atoms with van der Waals surface area (Å²) >= 11 is 0. The lowest BCUT2D eigenvalue weighted by Crippen LogP contribution is -2.51. The predicted octanol–water partition coefficient (Wildman–Crippen LogP) is 2.82. The zero-order chi connectivity index (χ0) is 12.9. The third-order valence-corrected chi connectivity index (χ3v) is 3.45. The van der Waals surface area contributed by atoms with Gasteiger partial charge in [-0.1, -0.05) is 26.0 Å². The van der Waals surface area contributed by atoms with Crippen LogP contribution in [0.4, 0.5) is 0 Å². The number of carboxylic acids is 1. The highest BCUT2D eigenvalue weighted by molar-refractivity contribution is 5.78. The van der Waals surface area contributed by atoms with Crippen LogP contribution < -0.4 is 5.32 Å². The largest absolute Gasteiger partial charge is 0.480 e. The Kier molecular flexibility index (Phi) is 5.19. The first kappa shape index (κ1) is 14.2. The lowest BCUT2D eigenvalue weighted by atomic mass is 9.88. The molecule has 0 fully saturated rings. The first-order valence-corrected chi connectivity index (χ1v) is 6.57. The van der Waals surface area contributed by atoms with Crippen molar-refractivity contribution >= 4 is 5.97 Å². The van der Waals surface area contributed by atoms with Crippen molar-refractivity contribution in [3.05, 3.63) is 12.2 Å². The fourth-order valence-electron chi connectivity index (χ4n) is 2.46. The van der Waals surface area contributed by atoms with Gasteiger partial charge in [-0.2, -0.15) is 0 Å². The molecule has 0 spiro atoms. The number of hydrogen-bond donors (Lipinski definition) is 2. The molecule has 0 radical (unpaired) electrons. The van der Waals surface area contributed by atoms with Crippen LogP contribution in [0.5, 0.6) is 0 Å². The van der Waals surface area contributed by atoms with Gasteiger partial charge >= 0.3 is 5.97 Å². The van der Waals surface area contributed by atoms with E-state index in [1.54, 1.807) is 6.92 Å². The van der Waals surface area contributed by atoms with E-state index in [0.717, 1.165) is 19.4 Å². The van der Waals surface area contributed by atoms with Crippen LogP contribution in [0.3, 0.4) is 0 Å². The van der Waals surface area contributed by atoms with E-state index in [4.69, 9.17) is 0 Å². The molecule has 2 unspecified atom stereocenters. The van der Waals surface area contributed by atoms with Crippen molar-refractivity contribution in [3.8, 4) is 0 Å². The first-order chi connectivity index (χ1) is 7.94. The Balaban J connectivity index is 2.49. The predicted molar refractivity (Wildman–Crippen MR) is 70.0 cm³/mol. The third-order valence-electron chi connectivity index (χ3n) is 3.45. The molecule has 0 heterocycles. The summed E-state index contributed by atoms with van der Waals surface area (Å²) in [6.07, 6.45) is 8.45. The molecule has 2 N–H and O–H groups in total. The Labute approximate surface area is 104 Å². The molecule has 0 aromatic heterocycles. The van der Waals surface area contributed by atoms with Crippen molar-refractivity contribution in [2.75, 3.05) is 6.54 Å². The van der Waals surface area contributed by atoms with Crippen LogP contribution in [0.15, 0.2) is 12.2 Å². The fraction of sp³-hybridized carbons (Fsp3) is 0.786. The van der Waals surface area contributed by atoms with E-state index >= 15 is 0 Å². The number of aliphatic carboxylic acids is 1. The Morgan fingerprint density at radius 3 is 2.71 bits per heavy atom. The minimum Gasteiger partial charge on any atom is -0.480 e. The van der Waals surface area contributed by atoms with E-state index in [2.05, 4.69) is 31.3 Å². The zero-order valence-electron chi connectivity index (χ0n) is 11.2. The van der Waals surface area contributed by atoms with Crippen molar-refractivity contribution in [2.24, 2.45) is 11.8 Å². The van der Waals surface area contributed by atoms with Gasteiger partial charge in [-0.15, -0.1) is 0 Å². The summed E-state index contributed by atoms with van der Waals surface area (Å²) in [4.78, 5) is 11.4. The third kappa shape index (κ3) is 4.50. The summed E-state index contributed by atoms with van der Waals surface area (Å²) in [6, 6.07) is 0. The SMILES string of the molecule is CC(C)CC(C)(NCC1CC=CCC1)C(=O)O. The maximum Gasteiger partial charge on any atom is 0.323 e. The standard InChI is InChI=1S/C14H25NO2/c1-11(2)9-14(3,13(16)17)15-10-12-7-5-4-6-8-12/h4-5,11-12,15H,6-10H2,1-3H3,(H,16,17). The highest BCUT2D eigenvalue weighted by Gasteiger charge is 2.33. The van der Waals surface area contributed by atoms with Crippen molar-refractivity contribution < 1.29 is 9.90 Å². The van der Waals surface area contributed by atoms with Gasteiger partial charge in [-0.3, -0.25) is 4.79 Å². The molecule has 17 heavy (non-hydrogen) atoms. The molecule has 0 saturated carbocycles. The monoisotopic (exact) mass is 239 g/mol. The van der Waals surface area contributed by atoms with Gasteiger partial charge in [0, 0.05) is 0 Å². The van der Waals surface area contributed by atoms with Crippen molar-refractivity contribution in [1.82, 2.24) is 5.32 Å². The molecule has 0 aliphatic heterocycles. The molecule has 3 nitrogen and oxygen atoms in total. The van der Waals surface area contributed by atoms with Crippen LogP contribution in [0.1, 0.15) is 46.5 Å². The Bertz CT molecular complexity index is 286. The number of hydrogen-bond acceptors (Lipinski definition) is 2. The highest BCUT2D eigenvalue weighted by atomic mass is 16.4. The molecular weight excluding hydrogens is 214 g/mol. The van der Waals surface area contributed by atoms with Crippen LogP contribution in [0.25, 0.3) is 0 Å². The number of nitrogens with one attached hydrogen (secondary N) is 1. The maximum atomic E-state index is 11.4. The minimum absolute atomic E-state index is 0.384. The maximum absolute atomic E-state index is 11.4. The number of carboxylic acid groups (broad SMARTS) is 1. The summed E-state index contributed by atoms with van der Waals surface area (Å²) in [5.74, 6) is 0.234. The molecular formula is C14H25NO2. The van der Waals surface area contributed by atoms with Crippen molar-refractivity contribution in [3.63, 3.8) is 0 Å². The van der Waals surface area contributed by atoms with Crippen LogP contribution in [-0.4, -0.2) is 23.2 Å². The second kappa shape index (κ2) is 6.20. The quantitative estimate of drug-likeness (QED) is 0.701. The van der Waals surface area contributed by atoms with Gasteiger partial charge in [0.2, 0.25) is 0 Å². The minimum atomic E-state index is -0.782. The van der Waals surface area contributed by atoms with E-state index in [9.17, 15) is 9.90 Å². The highest BCUT2D eigenvalue weighted by Crippen LogP contribution is 2.21.